The van der Waals surface area contributed by atoms with Crippen LogP contribution in [0.1, 0.15) is 0 Å². The molecule has 1 aromatic heterocycles. The maximum Gasteiger partial charge on any atom is 0.235 e. The van der Waals surface area contributed by atoms with Gasteiger partial charge in [0, 0.05) is 20.1 Å². The van der Waals surface area contributed by atoms with Gasteiger partial charge in [-0.05, 0) is 31.3 Å². The standard InChI is InChI=1S/C16H27NO3Si2/c1-21(2,3)11-10-19-13-20-17-15-9-7-6-8-14(15)12-16(17)22(4,5)18/h6-9,12,18H,10-11,13H2,1-5H3. The summed E-state index contributed by atoms with van der Waals surface area (Å²) in [5.74, 6) is 0. The monoisotopic (exact) mass is 337 g/mol. The van der Waals surface area contributed by atoms with E-state index in [1.165, 1.54) is 0 Å². The number of rotatable bonds is 7. The number of ether oxygens (including phenoxy) is 1. The van der Waals surface area contributed by atoms with Crippen LogP contribution in [0.25, 0.3) is 10.9 Å². The highest BCUT2D eigenvalue weighted by molar-refractivity contribution is 6.82. The molecule has 0 atom stereocenters. The Hall–Kier alpha value is -1.09. The fraction of sp³-hybridized carbons (Fsp3) is 0.500. The number of nitrogens with zero attached hydrogens (tertiary/aromatic N) is 1. The molecule has 0 aliphatic carbocycles. The highest BCUT2D eigenvalue weighted by Crippen LogP contribution is 2.15. The largest absolute Gasteiger partial charge is 0.426 e. The summed E-state index contributed by atoms with van der Waals surface area (Å²) in [7, 11) is -3.55. The summed E-state index contributed by atoms with van der Waals surface area (Å²) in [5.41, 5.74) is 0.973. The summed E-state index contributed by atoms with van der Waals surface area (Å²) < 4.78 is 7.37. The first-order chi connectivity index (χ1) is 10.2. The molecule has 122 valence electrons. The quantitative estimate of drug-likeness (QED) is 0.480. The van der Waals surface area contributed by atoms with E-state index in [1.54, 1.807) is 4.73 Å². The fourth-order valence-electron chi connectivity index (χ4n) is 2.22. The lowest BCUT2D eigenvalue weighted by Crippen LogP contribution is -2.47. The predicted octanol–water partition coefficient (Wildman–Crippen LogP) is 2.79. The molecule has 0 fully saturated rings. The molecule has 0 aliphatic heterocycles. The van der Waals surface area contributed by atoms with Crippen molar-refractivity contribution in [3.05, 3.63) is 30.3 Å². The van der Waals surface area contributed by atoms with Gasteiger partial charge in [-0.15, -0.1) is 0 Å². The van der Waals surface area contributed by atoms with Crippen LogP contribution in [0, 0.1) is 0 Å². The molecule has 22 heavy (non-hydrogen) atoms. The Balaban J connectivity index is 2.09. The van der Waals surface area contributed by atoms with E-state index in [9.17, 15) is 4.80 Å². The van der Waals surface area contributed by atoms with Gasteiger partial charge in [-0.3, -0.25) is 0 Å². The summed E-state index contributed by atoms with van der Waals surface area (Å²) in [6.45, 7) is 11.7. The Morgan fingerprint density at radius 1 is 1.09 bits per heavy atom. The smallest absolute Gasteiger partial charge is 0.235 e. The van der Waals surface area contributed by atoms with Gasteiger partial charge in [0.15, 0.2) is 0 Å². The molecule has 4 nitrogen and oxygen atoms in total. The third-order valence-corrected chi connectivity index (χ3v) is 6.86. The molecule has 2 rings (SSSR count). The normalized spacial score (nSPS) is 12.8. The van der Waals surface area contributed by atoms with E-state index in [0.29, 0.717) is 0 Å². The Kier molecular flexibility index (Phi) is 5.16. The number of hydrogen-bond acceptors (Lipinski definition) is 3. The third-order valence-electron chi connectivity index (χ3n) is 3.55. The number of para-hydroxylation sites is 1. The second kappa shape index (κ2) is 6.58. The molecule has 0 spiro atoms. The number of fused-ring (bicyclic) bond motifs is 1. The van der Waals surface area contributed by atoms with Gasteiger partial charge in [0.1, 0.15) is 0 Å². The third kappa shape index (κ3) is 4.45. The average Bonchev–Trinajstić information content (AvgIpc) is 2.76. The Morgan fingerprint density at radius 2 is 1.77 bits per heavy atom. The minimum absolute atomic E-state index is 0.209. The van der Waals surface area contributed by atoms with Gasteiger partial charge in [0.2, 0.25) is 15.1 Å². The summed E-state index contributed by atoms with van der Waals surface area (Å²) in [6.07, 6.45) is 0. The van der Waals surface area contributed by atoms with E-state index in [1.807, 2.05) is 43.4 Å². The van der Waals surface area contributed by atoms with Gasteiger partial charge in [0.25, 0.3) is 0 Å². The van der Waals surface area contributed by atoms with Gasteiger partial charge >= 0.3 is 0 Å². The van der Waals surface area contributed by atoms with Crippen molar-refractivity contribution in [2.24, 2.45) is 0 Å². The molecular formula is C16H27NO3Si2. The summed E-state index contributed by atoms with van der Waals surface area (Å²) in [5, 5.41) is 1.94. The topological polar surface area (TPSA) is 43.6 Å². The van der Waals surface area contributed by atoms with Crippen LogP contribution in [0.15, 0.2) is 30.3 Å². The lowest BCUT2D eigenvalue weighted by Gasteiger charge is -2.19. The Morgan fingerprint density at radius 3 is 2.41 bits per heavy atom. The zero-order chi connectivity index (χ0) is 16.4. The van der Waals surface area contributed by atoms with Gasteiger partial charge in [0.05, 0.1) is 10.8 Å². The van der Waals surface area contributed by atoms with E-state index in [2.05, 4.69) is 19.6 Å². The molecule has 1 aromatic carbocycles. The van der Waals surface area contributed by atoms with Crippen molar-refractivity contribution in [3.63, 3.8) is 0 Å². The second-order valence-corrected chi connectivity index (χ2v) is 16.7. The molecule has 0 aliphatic rings. The highest BCUT2D eigenvalue weighted by Gasteiger charge is 2.27. The van der Waals surface area contributed by atoms with Gasteiger partial charge in [-0.25, -0.2) is 0 Å². The van der Waals surface area contributed by atoms with Crippen LogP contribution in [0.3, 0.4) is 0 Å². The minimum atomic E-state index is -2.47. The van der Waals surface area contributed by atoms with E-state index < -0.39 is 16.4 Å². The maximum atomic E-state index is 10.5. The van der Waals surface area contributed by atoms with Crippen LogP contribution in [0.2, 0.25) is 38.8 Å². The molecule has 0 bridgehead atoms. The van der Waals surface area contributed by atoms with Gasteiger partial charge in [-0.1, -0.05) is 37.8 Å². The first-order valence-corrected chi connectivity index (χ1v) is 14.4. The molecule has 1 N–H and O–H groups in total. The molecule has 2 aromatic rings. The van der Waals surface area contributed by atoms with Crippen LogP contribution >= 0.6 is 0 Å². The van der Waals surface area contributed by atoms with Crippen molar-refractivity contribution >= 4 is 32.6 Å². The lowest BCUT2D eigenvalue weighted by atomic mass is 10.3. The van der Waals surface area contributed by atoms with Crippen molar-refractivity contribution in [2.75, 3.05) is 13.4 Å². The zero-order valence-electron chi connectivity index (χ0n) is 14.2. The van der Waals surface area contributed by atoms with E-state index >= 15 is 0 Å². The first kappa shape index (κ1) is 17.3. The molecular weight excluding hydrogens is 310 g/mol. The molecule has 0 radical (unpaired) electrons. The van der Waals surface area contributed by atoms with E-state index in [4.69, 9.17) is 9.57 Å². The molecule has 0 amide bonds. The fourth-order valence-corrected chi connectivity index (χ4v) is 4.17. The lowest BCUT2D eigenvalue weighted by molar-refractivity contribution is -0.0492. The summed E-state index contributed by atoms with van der Waals surface area (Å²) in [6, 6.07) is 11.1. The van der Waals surface area contributed by atoms with Crippen LogP contribution < -0.4 is 10.2 Å². The van der Waals surface area contributed by atoms with Crippen molar-refractivity contribution in [1.29, 1.82) is 0 Å². The minimum Gasteiger partial charge on any atom is -0.426 e. The average molecular weight is 338 g/mol. The predicted molar refractivity (Wildman–Crippen MR) is 96.8 cm³/mol. The van der Waals surface area contributed by atoms with Crippen molar-refractivity contribution in [2.45, 2.75) is 38.8 Å². The van der Waals surface area contributed by atoms with Crippen LogP contribution in [-0.2, 0) is 4.74 Å². The van der Waals surface area contributed by atoms with E-state index in [0.717, 1.165) is 28.9 Å². The molecule has 0 saturated heterocycles. The van der Waals surface area contributed by atoms with Gasteiger partial charge in [-0.2, -0.15) is 4.73 Å². The number of hydrogen-bond donors (Lipinski definition) is 1. The molecule has 1 heterocycles. The molecule has 0 unspecified atom stereocenters. The maximum absolute atomic E-state index is 10.5. The number of aromatic nitrogens is 1. The van der Waals surface area contributed by atoms with Crippen molar-refractivity contribution in [1.82, 2.24) is 4.73 Å². The highest BCUT2D eigenvalue weighted by atomic mass is 28.4. The van der Waals surface area contributed by atoms with Crippen molar-refractivity contribution in [3.8, 4) is 0 Å². The van der Waals surface area contributed by atoms with Crippen LogP contribution in [0.4, 0.5) is 0 Å². The molecule has 0 saturated carbocycles. The van der Waals surface area contributed by atoms with E-state index in [-0.39, 0.29) is 6.79 Å². The summed E-state index contributed by atoms with van der Waals surface area (Å²) in [4.78, 5) is 16.3. The first-order valence-electron chi connectivity index (χ1n) is 7.73. The number of benzene rings is 1. The van der Waals surface area contributed by atoms with Crippen LogP contribution in [0.5, 0.6) is 0 Å². The Labute approximate surface area is 134 Å². The molecule has 6 heteroatoms. The van der Waals surface area contributed by atoms with Crippen LogP contribution in [-0.4, -0.2) is 39.3 Å². The second-order valence-electron chi connectivity index (χ2n) is 7.41. The zero-order valence-corrected chi connectivity index (χ0v) is 16.2. The van der Waals surface area contributed by atoms with Crippen molar-refractivity contribution < 1.29 is 14.4 Å². The Bertz CT molecular complexity index is 626. The van der Waals surface area contributed by atoms with Gasteiger partial charge < -0.3 is 14.4 Å². The summed E-state index contributed by atoms with van der Waals surface area (Å²) >= 11 is 0. The SMILES string of the molecule is C[Si](C)(C)CCOCOn1c([Si](C)(C)O)cc2ccccc21.